The van der Waals surface area contributed by atoms with E-state index in [4.69, 9.17) is 4.74 Å². The molecule has 3 amide bonds. The van der Waals surface area contributed by atoms with Gasteiger partial charge in [-0.1, -0.05) is 23.5 Å². The quantitative estimate of drug-likeness (QED) is 0.583. The van der Waals surface area contributed by atoms with Crippen LogP contribution < -0.4 is 10.1 Å². The monoisotopic (exact) mass is 411 g/mol. The highest BCUT2D eigenvalue weighted by molar-refractivity contribution is 7.22. The van der Waals surface area contributed by atoms with E-state index in [0.717, 1.165) is 22.4 Å². The molecule has 2 aromatic rings. The number of thiazole rings is 1. The van der Waals surface area contributed by atoms with Crippen molar-refractivity contribution in [2.24, 2.45) is 23.7 Å². The molecule has 7 nitrogen and oxygen atoms in total. The number of fused-ring (bicyclic) bond motifs is 6. The lowest BCUT2D eigenvalue weighted by atomic mass is 9.85. The number of rotatable bonds is 6. The minimum atomic E-state index is -0.175. The Bertz CT molecular complexity index is 1020. The number of carbonyl (C=O) groups is 3. The molecule has 150 valence electrons. The van der Waals surface area contributed by atoms with Crippen LogP contribution in [0.15, 0.2) is 30.4 Å². The van der Waals surface area contributed by atoms with Gasteiger partial charge in [0.2, 0.25) is 17.7 Å². The van der Waals surface area contributed by atoms with Crippen LogP contribution in [0.2, 0.25) is 0 Å². The molecule has 29 heavy (non-hydrogen) atoms. The number of nitrogens with one attached hydrogen (secondary N) is 1. The van der Waals surface area contributed by atoms with E-state index in [9.17, 15) is 14.4 Å². The number of likely N-dealkylation sites (tertiary alicyclic amines) is 1. The van der Waals surface area contributed by atoms with Gasteiger partial charge in [-0.25, -0.2) is 4.98 Å². The molecular formula is C21H21N3O4S. The minimum Gasteiger partial charge on any atom is -0.497 e. The fourth-order valence-corrected chi connectivity index (χ4v) is 5.76. The molecule has 2 aliphatic carbocycles. The maximum absolute atomic E-state index is 12.7. The lowest BCUT2D eigenvalue weighted by Crippen LogP contribution is -2.34. The van der Waals surface area contributed by atoms with Crippen LogP contribution >= 0.6 is 11.3 Å². The highest BCUT2D eigenvalue weighted by Crippen LogP contribution is 2.52. The first-order valence-electron chi connectivity index (χ1n) is 9.83. The summed E-state index contributed by atoms with van der Waals surface area (Å²) in [5.41, 5.74) is 0.800. The van der Waals surface area contributed by atoms with Gasteiger partial charge in [-0.05, 0) is 42.9 Å². The number of aromatic nitrogens is 1. The lowest BCUT2D eigenvalue weighted by molar-refractivity contribution is -0.141. The van der Waals surface area contributed by atoms with Gasteiger partial charge >= 0.3 is 0 Å². The number of carbonyl (C=O) groups excluding carboxylic acids is 3. The van der Waals surface area contributed by atoms with Crippen LogP contribution in [0, 0.1) is 23.7 Å². The molecule has 1 saturated carbocycles. The van der Waals surface area contributed by atoms with Crippen molar-refractivity contribution in [1.29, 1.82) is 0 Å². The largest absolute Gasteiger partial charge is 0.497 e. The van der Waals surface area contributed by atoms with E-state index in [2.05, 4.69) is 22.5 Å². The summed E-state index contributed by atoms with van der Waals surface area (Å²) >= 11 is 1.38. The molecule has 2 fully saturated rings. The number of ether oxygens (including phenoxy) is 1. The second-order valence-electron chi connectivity index (χ2n) is 7.83. The first kappa shape index (κ1) is 18.3. The van der Waals surface area contributed by atoms with Crippen molar-refractivity contribution in [2.45, 2.75) is 19.3 Å². The summed E-state index contributed by atoms with van der Waals surface area (Å²) in [6.45, 7) is 0.300. The molecule has 1 aromatic heterocycles. The van der Waals surface area contributed by atoms with Crippen molar-refractivity contribution in [1.82, 2.24) is 9.88 Å². The van der Waals surface area contributed by atoms with Crippen LogP contribution in [0.1, 0.15) is 19.3 Å². The third kappa shape index (κ3) is 3.02. The number of amides is 3. The number of hydrogen-bond donors (Lipinski definition) is 1. The summed E-state index contributed by atoms with van der Waals surface area (Å²) in [5.74, 6) is 0.538. The summed E-state index contributed by atoms with van der Waals surface area (Å²) in [6.07, 6.45) is 5.78. The van der Waals surface area contributed by atoms with Crippen molar-refractivity contribution in [3.8, 4) is 5.75 Å². The van der Waals surface area contributed by atoms with Gasteiger partial charge in [0.15, 0.2) is 5.13 Å². The average molecular weight is 411 g/mol. The highest BCUT2D eigenvalue weighted by atomic mass is 32.1. The van der Waals surface area contributed by atoms with Gasteiger partial charge in [-0.3, -0.25) is 19.3 Å². The Kier molecular flexibility index (Phi) is 4.38. The summed E-state index contributed by atoms with van der Waals surface area (Å²) in [6, 6.07) is 5.56. The molecule has 1 saturated heterocycles. The highest BCUT2D eigenvalue weighted by Gasteiger charge is 2.58. The first-order valence-corrected chi connectivity index (χ1v) is 10.6. The second-order valence-corrected chi connectivity index (χ2v) is 8.86. The number of imide groups is 1. The summed E-state index contributed by atoms with van der Waals surface area (Å²) in [4.78, 5) is 43.4. The molecule has 2 heterocycles. The Labute approximate surface area is 171 Å². The Morgan fingerprint density at radius 1 is 1.24 bits per heavy atom. The molecule has 1 aliphatic heterocycles. The molecule has 0 spiro atoms. The van der Waals surface area contributed by atoms with Crippen LogP contribution in [0.5, 0.6) is 5.75 Å². The van der Waals surface area contributed by atoms with Crippen LogP contribution in [-0.4, -0.2) is 41.3 Å². The van der Waals surface area contributed by atoms with E-state index >= 15 is 0 Å². The fourth-order valence-electron chi connectivity index (χ4n) is 4.85. The molecule has 1 aromatic carbocycles. The van der Waals surface area contributed by atoms with Crippen LogP contribution in [0.4, 0.5) is 5.13 Å². The van der Waals surface area contributed by atoms with E-state index in [1.54, 1.807) is 7.11 Å². The predicted octanol–water partition coefficient (Wildman–Crippen LogP) is 2.83. The Morgan fingerprint density at radius 2 is 1.97 bits per heavy atom. The SMILES string of the molecule is COc1ccc2nc(NC(=O)CCCN3C(=O)[C@@H]4[C@@H](C3=O)[C@H]3C=C[C@H]4C3)sc2c1. The molecule has 1 N–H and O–H groups in total. The van der Waals surface area contributed by atoms with E-state index < -0.39 is 0 Å². The van der Waals surface area contributed by atoms with Crippen LogP contribution in [-0.2, 0) is 14.4 Å². The van der Waals surface area contributed by atoms with Crippen molar-refractivity contribution >= 4 is 44.4 Å². The summed E-state index contributed by atoms with van der Waals surface area (Å²) < 4.78 is 6.14. The molecule has 2 bridgehead atoms. The maximum Gasteiger partial charge on any atom is 0.233 e. The van der Waals surface area contributed by atoms with Crippen LogP contribution in [0.3, 0.4) is 0 Å². The second kappa shape index (κ2) is 6.95. The number of methoxy groups -OCH3 is 1. The molecule has 3 aliphatic rings. The predicted molar refractivity (Wildman–Crippen MR) is 108 cm³/mol. The topological polar surface area (TPSA) is 88.6 Å². The van der Waals surface area contributed by atoms with Gasteiger partial charge in [0.1, 0.15) is 5.75 Å². The fraction of sp³-hybridized carbons (Fsp3) is 0.429. The third-order valence-electron chi connectivity index (χ3n) is 6.19. The summed E-state index contributed by atoms with van der Waals surface area (Å²) in [7, 11) is 1.61. The van der Waals surface area contributed by atoms with Crippen LogP contribution in [0.25, 0.3) is 10.2 Å². The van der Waals surface area contributed by atoms with Gasteiger partial charge in [0.05, 0.1) is 29.2 Å². The number of nitrogens with zero attached hydrogens (tertiary/aromatic N) is 2. The zero-order valence-electron chi connectivity index (χ0n) is 16.0. The third-order valence-corrected chi connectivity index (χ3v) is 7.12. The Hall–Kier alpha value is -2.74. The summed E-state index contributed by atoms with van der Waals surface area (Å²) in [5, 5.41) is 3.34. The van der Waals surface area contributed by atoms with Crippen molar-refractivity contribution in [3.05, 3.63) is 30.4 Å². The zero-order chi connectivity index (χ0) is 20.1. The zero-order valence-corrected chi connectivity index (χ0v) is 16.8. The van der Waals surface area contributed by atoms with Gasteiger partial charge in [-0.2, -0.15) is 0 Å². The van der Waals surface area contributed by atoms with E-state index in [1.165, 1.54) is 16.2 Å². The van der Waals surface area contributed by atoms with Gasteiger partial charge < -0.3 is 10.1 Å². The van der Waals surface area contributed by atoms with E-state index in [-0.39, 0.29) is 47.8 Å². The molecule has 5 rings (SSSR count). The lowest BCUT2D eigenvalue weighted by Gasteiger charge is -2.16. The molecule has 4 atom stereocenters. The Balaban J connectivity index is 1.16. The number of benzene rings is 1. The Morgan fingerprint density at radius 3 is 2.66 bits per heavy atom. The molecule has 8 heteroatoms. The van der Waals surface area contributed by atoms with Gasteiger partial charge in [-0.15, -0.1) is 0 Å². The first-order chi connectivity index (χ1) is 14.0. The number of hydrogen-bond acceptors (Lipinski definition) is 6. The van der Waals surface area contributed by atoms with Crippen molar-refractivity contribution in [2.75, 3.05) is 19.0 Å². The number of allylic oxidation sites excluding steroid dienone is 2. The molecule has 0 unspecified atom stereocenters. The molecule has 0 radical (unpaired) electrons. The molecular weight excluding hydrogens is 390 g/mol. The van der Waals surface area contributed by atoms with E-state index in [1.807, 2.05) is 18.2 Å². The maximum atomic E-state index is 12.7. The smallest absolute Gasteiger partial charge is 0.233 e. The normalized spacial score (nSPS) is 27.1. The standard InChI is InChI=1S/C21H21N3O4S/c1-28-13-6-7-14-15(10-13)29-21(22-14)23-16(25)3-2-8-24-19(26)17-11-4-5-12(9-11)18(17)20(24)27/h4-7,10-12,17-18H,2-3,8-9H2,1H3,(H,22,23,25)/t11-,12-,17-,18-/m0/s1. The van der Waals surface area contributed by atoms with Crippen molar-refractivity contribution in [3.63, 3.8) is 0 Å². The minimum absolute atomic E-state index is 0.0580. The van der Waals surface area contributed by atoms with Crippen molar-refractivity contribution < 1.29 is 19.1 Å². The number of anilines is 1. The van der Waals surface area contributed by atoms with Gasteiger partial charge in [0.25, 0.3) is 0 Å². The van der Waals surface area contributed by atoms with Gasteiger partial charge in [0, 0.05) is 13.0 Å². The van der Waals surface area contributed by atoms with E-state index in [0.29, 0.717) is 18.1 Å². The average Bonchev–Trinajstić information content (AvgIpc) is 3.46.